The van der Waals surface area contributed by atoms with Crippen LogP contribution in [0.4, 0.5) is 5.69 Å². The highest BCUT2D eigenvalue weighted by molar-refractivity contribution is 6.33. The van der Waals surface area contributed by atoms with Crippen molar-refractivity contribution in [2.45, 2.75) is 40.7 Å². The molecule has 0 spiro atoms. The molecule has 0 atom stereocenters. The van der Waals surface area contributed by atoms with Crippen LogP contribution >= 0.6 is 11.6 Å². The van der Waals surface area contributed by atoms with Crippen LogP contribution in [-0.2, 0) is 6.54 Å². The SMILES string of the molecule is CCCNCc1ccc(N(C)CC(C)(C)C)c(Cl)c1. The van der Waals surface area contributed by atoms with Gasteiger partial charge in [0.25, 0.3) is 0 Å². The Labute approximate surface area is 123 Å². The molecule has 0 radical (unpaired) electrons. The molecular formula is C16H27ClN2. The van der Waals surface area contributed by atoms with Crippen LogP contribution in [0.1, 0.15) is 39.7 Å². The molecule has 0 aliphatic carbocycles. The topological polar surface area (TPSA) is 15.3 Å². The minimum Gasteiger partial charge on any atom is -0.373 e. The zero-order valence-corrected chi connectivity index (χ0v) is 13.6. The van der Waals surface area contributed by atoms with Crippen LogP contribution in [0.3, 0.4) is 0 Å². The van der Waals surface area contributed by atoms with Gasteiger partial charge in [0.05, 0.1) is 10.7 Å². The standard InChI is InChI=1S/C16H27ClN2/c1-6-9-18-11-13-7-8-15(14(17)10-13)19(5)12-16(2,3)4/h7-8,10,18H,6,9,11-12H2,1-5H3. The van der Waals surface area contributed by atoms with Gasteiger partial charge < -0.3 is 10.2 Å². The van der Waals surface area contributed by atoms with E-state index < -0.39 is 0 Å². The summed E-state index contributed by atoms with van der Waals surface area (Å²) in [6, 6.07) is 6.35. The summed E-state index contributed by atoms with van der Waals surface area (Å²) in [5.74, 6) is 0. The molecule has 108 valence electrons. The lowest BCUT2D eigenvalue weighted by molar-refractivity contribution is 0.419. The van der Waals surface area contributed by atoms with Crippen molar-refractivity contribution in [1.29, 1.82) is 0 Å². The average molecular weight is 283 g/mol. The molecule has 0 fully saturated rings. The van der Waals surface area contributed by atoms with Crippen molar-refractivity contribution in [3.63, 3.8) is 0 Å². The highest BCUT2D eigenvalue weighted by atomic mass is 35.5. The molecule has 1 aromatic rings. The Bertz CT molecular complexity index is 396. The van der Waals surface area contributed by atoms with E-state index in [-0.39, 0.29) is 5.41 Å². The van der Waals surface area contributed by atoms with Gasteiger partial charge in [-0.05, 0) is 36.1 Å². The largest absolute Gasteiger partial charge is 0.373 e. The van der Waals surface area contributed by atoms with Crippen molar-refractivity contribution in [3.05, 3.63) is 28.8 Å². The van der Waals surface area contributed by atoms with Gasteiger partial charge in [0.15, 0.2) is 0 Å². The lowest BCUT2D eigenvalue weighted by atomic mass is 9.96. The molecule has 0 aliphatic heterocycles. The van der Waals surface area contributed by atoms with Gasteiger partial charge in [-0.15, -0.1) is 0 Å². The summed E-state index contributed by atoms with van der Waals surface area (Å²) in [6.07, 6.45) is 1.15. The molecule has 1 rings (SSSR count). The Morgan fingerprint density at radius 3 is 2.47 bits per heavy atom. The average Bonchev–Trinajstić information content (AvgIpc) is 2.27. The van der Waals surface area contributed by atoms with Gasteiger partial charge in [0.2, 0.25) is 0 Å². The van der Waals surface area contributed by atoms with Crippen LogP contribution in [-0.4, -0.2) is 20.1 Å². The van der Waals surface area contributed by atoms with Gasteiger partial charge in [-0.25, -0.2) is 0 Å². The van der Waals surface area contributed by atoms with Crippen LogP contribution in [0.25, 0.3) is 0 Å². The number of halogens is 1. The number of nitrogens with zero attached hydrogens (tertiary/aromatic N) is 1. The van der Waals surface area contributed by atoms with E-state index in [1.54, 1.807) is 0 Å². The second kappa shape index (κ2) is 7.16. The number of anilines is 1. The van der Waals surface area contributed by atoms with Gasteiger partial charge in [0.1, 0.15) is 0 Å². The Morgan fingerprint density at radius 1 is 1.26 bits per heavy atom. The van der Waals surface area contributed by atoms with Crippen LogP contribution in [0.2, 0.25) is 5.02 Å². The molecule has 1 N–H and O–H groups in total. The van der Waals surface area contributed by atoms with Crippen LogP contribution in [0.5, 0.6) is 0 Å². The summed E-state index contributed by atoms with van der Waals surface area (Å²) in [6.45, 7) is 11.8. The first-order chi connectivity index (χ1) is 8.83. The monoisotopic (exact) mass is 282 g/mol. The second-order valence-corrected chi connectivity index (χ2v) is 6.79. The first kappa shape index (κ1) is 16.3. The molecule has 2 nitrogen and oxygen atoms in total. The number of nitrogens with one attached hydrogen (secondary N) is 1. The third kappa shape index (κ3) is 5.84. The van der Waals surface area contributed by atoms with Crippen molar-refractivity contribution in [3.8, 4) is 0 Å². The Hall–Kier alpha value is -0.730. The van der Waals surface area contributed by atoms with Crippen LogP contribution in [0.15, 0.2) is 18.2 Å². The smallest absolute Gasteiger partial charge is 0.0642 e. The van der Waals surface area contributed by atoms with Gasteiger partial charge in [0, 0.05) is 20.1 Å². The fourth-order valence-corrected chi connectivity index (χ4v) is 2.52. The molecule has 0 unspecified atom stereocenters. The summed E-state index contributed by atoms with van der Waals surface area (Å²) in [5.41, 5.74) is 2.61. The summed E-state index contributed by atoms with van der Waals surface area (Å²) in [5, 5.41) is 4.23. The van der Waals surface area contributed by atoms with Gasteiger partial charge in [-0.3, -0.25) is 0 Å². The number of hydrogen-bond acceptors (Lipinski definition) is 2. The number of benzene rings is 1. The first-order valence-electron chi connectivity index (χ1n) is 7.04. The molecule has 0 saturated heterocycles. The molecular weight excluding hydrogens is 256 g/mol. The second-order valence-electron chi connectivity index (χ2n) is 6.38. The maximum Gasteiger partial charge on any atom is 0.0642 e. The van der Waals surface area contributed by atoms with E-state index in [4.69, 9.17) is 11.6 Å². The summed E-state index contributed by atoms with van der Waals surface area (Å²) in [4.78, 5) is 2.23. The van der Waals surface area contributed by atoms with E-state index in [0.717, 1.165) is 36.8 Å². The highest BCUT2D eigenvalue weighted by Crippen LogP contribution is 2.28. The van der Waals surface area contributed by atoms with Crippen molar-refractivity contribution in [2.75, 3.05) is 25.0 Å². The molecule has 0 bridgehead atoms. The fraction of sp³-hybridized carbons (Fsp3) is 0.625. The summed E-state index contributed by atoms with van der Waals surface area (Å²) in [7, 11) is 2.10. The zero-order valence-electron chi connectivity index (χ0n) is 12.9. The van der Waals surface area contributed by atoms with E-state index in [1.807, 2.05) is 0 Å². The van der Waals surface area contributed by atoms with Gasteiger partial charge >= 0.3 is 0 Å². The van der Waals surface area contributed by atoms with E-state index in [2.05, 4.69) is 63.2 Å². The zero-order chi connectivity index (χ0) is 14.5. The van der Waals surface area contributed by atoms with E-state index in [0.29, 0.717) is 0 Å². The lowest BCUT2D eigenvalue weighted by Crippen LogP contribution is -2.29. The number of hydrogen-bond donors (Lipinski definition) is 1. The highest BCUT2D eigenvalue weighted by Gasteiger charge is 2.15. The molecule has 0 heterocycles. The van der Waals surface area contributed by atoms with Crippen molar-refractivity contribution < 1.29 is 0 Å². The molecule has 19 heavy (non-hydrogen) atoms. The van der Waals surface area contributed by atoms with Crippen LogP contribution in [0, 0.1) is 5.41 Å². The summed E-state index contributed by atoms with van der Waals surface area (Å²) >= 11 is 6.40. The minimum absolute atomic E-state index is 0.263. The van der Waals surface area contributed by atoms with Crippen LogP contribution < -0.4 is 10.2 Å². The number of rotatable bonds is 6. The predicted molar refractivity (Wildman–Crippen MR) is 86.2 cm³/mol. The van der Waals surface area contributed by atoms with Gasteiger partial charge in [-0.1, -0.05) is 45.4 Å². The minimum atomic E-state index is 0.263. The Morgan fingerprint density at radius 2 is 1.95 bits per heavy atom. The first-order valence-corrected chi connectivity index (χ1v) is 7.41. The van der Waals surface area contributed by atoms with E-state index in [9.17, 15) is 0 Å². The van der Waals surface area contributed by atoms with E-state index >= 15 is 0 Å². The van der Waals surface area contributed by atoms with Crippen molar-refractivity contribution >= 4 is 17.3 Å². The molecule has 0 saturated carbocycles. The fourth-order valence-electron chi connectivity index (χ4n) is 2.18. The molecule has 3 heteroatoms. The third-order valence-electron chi connectivity index (χ3n) is 2.89. The lowest BCUT2D eigenvalue weighted by Gasteiger charge is -2.29. The molecule has 0 amide bonds. The summed E-state index contributed by atoms with van der Waals surface area (Å²) < 4.78 is 0. The quantitative estimate of drug-likeness (QED) is 0.782. The Kier molecular flexibility index (Phi) is 6.15. The molecule has 0 aromatic heterocycles. The van der Waals surface area contributed by atoms with Crippen molar-refractivity contribution in [1.82, 2.24) is 5.32 Å². The van der Waals surface area contributed by atoms with Gasteiger partial charge in [-0.2, -0.15) is 0 Å². The maximum atomic E-state index is 6.40. The molecule has 0 aliphatic rings. The Balaban J connectivity index is 2.71. The predicted octanol–water partition coefficient (Wildman–Crippen LogP) is 4.32. The molecule has 1 aromatic carbocycles. The third-order valence-corrected chi connectivity index (χ3v) is 3.19. The van der Waals surface area contributed by atoms with Crippen molar-refractivity contribution in [2.24, 2.45) is 5.41 Å². The van der Waals surface area contributed by atoms with E-state index in [1.165, 1.54) is 5.56 Å². The normalized spacial score (nSPS) is 11.7. The maximum absolute atomic E-state index is 6.40.